The van der Waals surface area contributed by atoms with Gasteiger partial charge >= 0.3 is 0 Å². The van der Waals surface area contributed by atoms with Gasteiger partial charge in [-0.2, -0.15) is 0 Å². The van der Waals surface area contributed by atoms with Gasteiger partial charge in [-0.1, -0.05) is 19.4 Å². The van der Waals surface area contributed by atoms with E-state index in [4.69, 9.17) is 4.74 Å². The van der Waals surface area contributed by atoms with Crippen LogP contribution in [0.4, 0.5) is 5.69 Å². The molecule has 1 N–H and O–H groups in total. The SMILES string of the molecule is CCCc1ccc2c(c1)OCCN2. The van der Waals surface area contributed by atoms with Crippen LogP contribution < -0.4 is 10.1 Å². The Balaban J connectivity index is 2.24. The molecule has 0 fully saturated rings. The zero-order valence-corrected chi connectivity index (χ0v) is 7.97. The molecule has 0 saturated carbocycles. The Labute approximate surface area is 78.9 Å². The highest BCUT2D eigenvalue weighted by Crippen LogP contribution is 2.28. The molecule has 2 nitrogen and oxygen atoms in total. The van der Waals surface area contributed by atoms with Crippen molar-refractivity contribution in [1.82, 2.24) is 0 Å². The van der Waals surface area contributed by atoms with Crippen LogP contribution in [0.1, 0.15) is 18.9 Å². The number of rotatable bonds is 2. The molecule has 1 aliphatic heterocycles. The van der Waals surface area contributed by atoms with Crippen LogP contribution in [0, 0.1) is 0 Å². The highest BCUT2D eigenvalue weighted by Gasteiger charge is 2.08. The Hall–Kier alpha value is -1.18. The molecular weight excluding hydrogens is 162 g/mol. The van der Waals surface area contributed by atoms with Crippen LogP contribution in [0.25, 0.3) is 0 Å². The highest BCUT2D eigenvalue weighted by atomic mass is 16.5. The molecule has 1 heterocycles. The topological polar surface area (TPSA) is 21.3 Å². The molecule has 0 bridgehead atoms. The summed E-state index contributed by atoms with van der Waals surface area (Å²) in [6.07, 6.45) is 2.32. The minimum Gasteiger partial charge on any atom is -0.490 e. The smallest absolute Gasteiger partial charge is 0.142 e. The van der Waals surface area contributed by atoms with E-state index in [0.29, 0.717) is 0 Å². The van der Waals surface area contributed by atoms with Gasteiger partial charge in [-0.05, 0) is 24.1 Å². The number of anilines is 1. The van der Waals surface area contributed by atoms with Crippen molar-refractivity contribution in [2.45, 2.75) is 19.8 Å². The van der Waals surface area contributed by atoms with E-state index in [0.717, 1.165) is 31.0 Å². The lowest BCUT2D eigenvalue weighted by atomic mass is 10.1. The average molecular weight is 177 g/mol. The lowest BCUT2D eigenvalue weighted by Crippen LogP contribution is -2.17. The third-order valence-electron chi connectivity index (χ3n) is 2.26. The zero-order chi connectivity index (χ0) is 9.10. The first-order chi connectivity index (χ1) is 6.40. The van der Waals surface area contributed by atoms with Crippen LogP contribution in [0.5, 0.6) is 5.75 Å². The van der Waals surface area contributed by atoms with Crippen LogP contribution in [0.3, 0.4) is 0 Å². The summed E-state index contributed by atoms with van der Waals surface area (Å²) in [4.78, 5) is 0. The van der Waals surface area contributed by atoms with Gasteiger partial charge in [-0.15, -0.1) is 0 Å². The van der Waals surface area contributed by atoms with E-state index in [9.17, 15) is 0 Å². The van der Waals surface area contributed by atoms with Crippen LogP contribution >= 0.6 is 0 Å². The summed E-state index contributed by atoms with van der Waals surface area (Å²) in [6, 6.07) is 6.43. The maximum Gasteiger partial charge on any atom is 0.142 e. The number of ether oxygens (including phenoxy) is 1. The van der Waals surface area contributed by atoms with Gasteiger partial charge in [0, 0.05) is 6.54 Å². The number of hydrogen-bond donors (Lipinski definition) is 1. The van der Waals surface area contributed by atoms with E-state index in [-0.39, 0.29) is 0 Å². The summed E-state index contributed by atoms with van der Waals surface area (Å²) in [5.41, 5.74) is 2.50. The van der Waals surface area contributed by atoms with Gasteiger partial charge in [0.15, 0.2) is 0 Å². The Morgan fingerprint density at radius 1 is 1.46 bits per heavy atom. The van der Waals surface area contributed by atoms with E-state index >= 15 is 0 Å². The van der Waals surface area contributed by atoms with E-state index < -0.39 is 0 Å². The maximum atomic E-state index is 5.55. The second kappa shape index (κ2) is 3.69. The first-order valence-corrected chi connectivity index (χ1v) is 4.90. The number of hydrogen-bond acceptors (Lipinski definition) is 2. The van der Waals surface area contributed by atoms with Gasteiger partial charge in [0.05, 0.1) is 5.69 Å². The van der Waals surface area contributed by atoms with Crippen molar-refractivity contribution in [3.63, 3.8) is 0 Å². The van der Waals surface area contributed by atoms with E-state index in [1.54, 1.807) is 0 Å². The van der Waals surface area contributed by atoms with E-state index in [1.807, 2.05) is 0 Å². The minimum absolute atomic E-state index is 0.780. The zero-order valence-electron chi connectivity index (χ0n) is 7.97. The number of fused-ring (bicyclic) bond motifs is 1. The Bertz CT molecular complexity index is 296. The lowest BCUT2D eigenvalue weighted by molar-refractivity contribution is 0.323. The quantitative estimate of drug-likeness (QED) is 0.749. The van der Waals surface area contributed by atoms with Crippen molar-refractivity contribution in [2.24, 2.45) is 0 Å². The number of aryl methyl sites for hydroxylation is 1. The third kappa shape index (κ3) is 1.77. The fourth-order valence-electron chi connectivity index (χ4n) is 1.62. The highest BCUT2D eigenvalue weighted by molar-refractivity contribution is 5.58. The molecule has 2 rings (SSSR count). The van der Waals surface area contributed by atoms with Crippen molar-refractivity contribution >= 4 is 5.69 Å². The van der Waals surface area contributed by atoms with Crippen molar-refractivity contribution in [2.75, 3.05) is 18.5 Å². The van der Waals surface area contributed by atoms with Crippen LogP contribution in [-0.2, 0) is 6.42 Å². The predicted molar refractivity (Wildman–Crippen MR) is 54.4 cm³/mol. The molecule has 70 valence electrons. The van der Waals surface area contributed by atoms with Gasteiger partial charge in [0.1, 0.15) is 12.4 Å². The van der Waals surface area contributed by atoms with Gasteiger partial charge in [0.25, 0.3) is 0 Å². The molecular formula is C11H15NO. The second-order valence-corrected chi connectivity index (χ2v) is 3.36. The van der Waals surface area contributed by atoms with Crippen LogP contribution in [0.2, 0.25) is 0 Å². The van der Waals surface area contributed by atoms with Crippen LogP contribution in [0.15, 0.2) is 18.2 Å². The molecule has 0 unspecified atom stereocenters. The fourth-order valence-corrected chi connectivity index (χ4v) is 1.62. The maximum absolute atomic E-state index is 5.55. The predicted octanol–water partition coefficient (Wildman–Crippen LogP) is 2.44. The van der Waals surface area contributed by atoms with E-state index in [1.165, 1.54) is 12.0 Å². The molecule has 0 amide bonds. The molecule has 1 aromatic rings. The molecule has 0 spiro atoms. The Kier molecular flexibility index (Phi) is 2.39. The number of nitrogens with one attached hydrogen (secondary N) is 1. The molecule has 0 radical (unpaired) electrons. The van der Waals surface area contributed by atoms with Gasteiger partial charge in [-0.3, -0.25) is 0 Å². The molecule has 0 saturated heterocycles. The second-order valence-electron chi connectivity index (χ2n) is 3.36. The molecule has 0 atom stereocenters. The monoisotopic (exact) mass is 177 g/mol. The first-order valence-electron chi connectivity index (χ1n) is 4.90. The van der Waals surface area contributed by atoms with Gasteiger partial charge in [0.2, 0.25) is 0 Å². The summed E-state index contributed by atoms with van der Waals surface area (Å²) >= 11 is 0. The summed E-state index contributed by atoms with van der Waals surface area (Å²) < 4.78 is 5.55. The van der Waals surface area contributed by atoms with Crippen molar-refractivity contribution in [3.05, 3.63) is 23.8 Å². The Morgan fingerprint density at radius 3 is 3.23 bits per heavy atom. The molecule has 2 heteroatoms. The first kappa shape index (κ1) is 8.42. The molecule has 13 heavy (non-hydrogen) atoms. The summed E-state index contributed by atoms with van der Waals surface area (Å²) in [6.45, 7) is 3.89. The van der Waals surface area contributed by atoms with E-state index in [2.05, 4.69) is 30.4 Å². The summed E-state index contributed by atoms with van der Waals surface area (Å²) in [5, 5.41) is 3.31. The summed E-state index contributed by atoms with van der Waals surface area (Å²) in [5.74, 6) is 1.01. The van der Waals surface area contributed by atoms with Crippen molar-refractivity contribution in [1.29, 1.82) is 0 Å². The van der Waals surface area contributed by atoms with Crippen molar-refractivity contribution < 1.29 is 4.74 Å². The lowest BCUT2D eigenvalue weighted by Gasteiger charge is -2.19. The Morgan fingerprint density at radius 2 is 2.38 bits per heavy atom. The van der Waals surface area contributed by atoms with Gasteiger partial charge < -0.3 is 10.1 Å². The summed E-state index contributed by atoms with van der Waals surface area (Å²) in [7, 11) is 0. The molecule has 0 aliphatic carbocycles. The molecule has 1 aliphatic rings. The standard InChI is InChI=1S/C11H15NO/c1-2-3-9-4-5-10-11(8-9)13-7-6-12-10/h4-5,8,12H,2-3,6-7H2,1H3. The minimum atomic E-state index is 0.780. The van der Waals surface area contributed by atoms with Gasteiger partial charge in [-0.25, -0.2) is 0 Å². The average Bonchev–Trinajstić information content (AvgIpc) is 2.18. The fraction of sp³-hybridized carbons (Fsp3) is 0.455. The third-order valence-corrected chi connectivity index (χ3v) is 2.26. The normalized spacial score (nSPS) is 14.2. The number of benzene rings is 1. The largest absolute Gasteiger partial charge is 0.490 e. The van der Waals surface area contributed by atoms with Crippen molar-refractivity contribution in [3.8, 4) is 5.75 Å². The molecule has 1 aromatic carbocycles. The van der Waals surface area contributed by atoms with Crippen LogP contribution in [-0.4, -0.2) is 13.2 Å². The molecule has 0 aromatic heterocycles.